The van der Waals surface area contributed by atoms with Crippen molar-refractivity contribution in [2.45, 2.75) is 0 Å². The Morgan fingerprint density at radius 1 is 1.17 bits per heavy atom. The highest BCUT2D eigenvalue weighted by atomic mass is 79.9. The first-order valence-electron chi connectivity index (χ1n) is 7.88. The summed E-state index contributed by atoms with van der Waals surface area (Å²) in [4.78, 5) is 30.6. The van der Waals surface area contributed by atoms with Gasteiger partial charge in [0.2, 0.25) is 11.6 Å². The van der Waals surface area contributed by atoms with Gasteiger partial charge in [-0.05, 0) is 36.4 Å². The second-order valence-electron chi connectivity index (χ2n) is 5.52. The molecule has 9 nitrogen and oxygen atoms in total. The number of hydrogen-bond acceptors (Lipinski definition) is 7. The fraction of sp³-hybridized carbons (Fsp3) is 0. The number of carbonyl (C=O) groups excluding carboxylic acids is 1. The Labute approximate surface area is 176 Å². The number of nitrogens with one attached hydrogen (secondary N) is 3. The molecule has 1 heterocycles. The lowest BCUT2D eigenvalue weighted by Crippen LogP contribution is -2.30. The highest BCUT2D eigenvalue weighted by Crippen LogP contribution is 2.32. The van der Waals surface area contributed by atoms with E-state index in [1.54, 1.807) is 18.2 Å². The van der Waals surface area contributed by atoms with Gasteiger partial charge in [0.15, 0.2) is 0 Å². The van der Waals surface area contributed by atoms with Crippen molar-refractivity contribution in [3.8, 4) is 0 Å². The third-order valence-corrected chi connectivity index (χ3v) is 4.30. The normalized spacial score (nSPS) is 10.3. The number of nitrogens with zero attached hydrogens (tertiary/aromatic N) is 3. The van der Waals surface area contributed by atoms with Gasteiger partial charge >= 0.3 is 5.69 Å². The first-order chi connectivity index (χ1) is 13.8. The number of amides is 1. The maximum atomic E-state index is 14.1. The van der Waals surface area contributed by atoms with E-state index in [4.69, 9.17) is 11.6 Å². The van der Waals surface area contributed by atoms with Crippen molar-refractivity contribution < 1.29 is 14.1 Å². The van der Waals surface area contributed by atoms with Gasteiger partial charge in [-0.3, -0.25) is 25.8 Å². The lowest BCUT2D eigenvalue weighted by Gasteiger charge is -2.11. The Kier molecular flexibility index (Phi) is 6.20. The van der Waals surface area contributed by atoms with Crippen LogP contribution in [0.3, 0.4) is 0 Å². The second-order valence-corrected chi connectivity index (χ2v) is 6.87. The van der Waals surface area contributed by atoms with Crippen LogP contribution >= 0.6 is 27.5 Å². The summed E-state index contributed by atoms with van der Waals surface area (Å²) < 4.78 is 14.6. The molecule has 0 radical (unpaired) electrons. The van der Waals surface area contributed by atoms with Gasteiger partial charge in [0.1, 0.15) is 12.1 Å². The first kappa shape index (κ1) is 20.4. The van der Waals surface area contributed by atoms with Crippen LogP contribution in [0.4, 0.5) is 27.4 Å². The molecular formula is C17H11BrClFN6O3. The average Bonchev–Trinajstić information content (AvgIpc) is 2.68. The van der Waals surface area contributed by atoms with Crippen LogP contribution in [0.15, 0.2) is 53.3 Å². The molecule has 0 unspecified atom stereocenters. The van der Waals surface area contributed by atoms with Crippen LogP contribution in [0.1, 0.15) is 10.4 Å². The third kappa shape index (κ3) is 4.95. The standard InChI is InChI=1S/C17H11BrClFN6O3/c18-10-4-5-13(12(20)7-10)23-15-14(26(28)29)16(22-8-21-15)24-25-17(27)9-2-1-3-11(19)6-9/h1-8H,(H,25,27)(H2,21,22,23,24). The summed E-state index contributed by atoms with van der Waals surface area (Å²) in [5.41, 5.74) is 4.31. The summed E-state index contributed by atoms with van der Waals surface area (Å²) >= 11 is 8.97. The molecule has 0 saturated heterocycles. The van der Waals surface area contributed by atoms with Crippen molar-refractivity contribution in [2.75, 3.05) is 10.7 Å². The van der Waals surface area contributed by atoms with Crippen LogP contribution < -0.4 is 16.2 Å². The van der Waals surface area contributed by atoms with Gasteiger partial charge in [0, 0.05) is 15.1 Å². The van der Waals surface area contributed by atoms with Gasteiger partial charge in [0.05, 0.1) is 10.6 Å². The number of benzene rings is 2. The molecule has 0 aliphatic rings. The van der Waals surface area contributed by atoms with Crippen LogP contribution in [0.5, 0.6) is 0 Å². The molecule has 12 heteroatoms. The van der Waals surface area contributed by atoms with E-state index in [2.05, 4.69) is 42.1 Å². The second kappa shape index (κ2) is 8.80. The summed E-state index contributed by atoms with van der Waals surface area (Å²) in [6.07, 6.45) is 1.03. The molecule has 3 N–H and O–H groups in total. The van der Waals surface area contributed by atoms with Crippen LogP contribution in [-0.4, -0.2) is 20.8 Å². The number of anilines is 3. The Hall–Kier alpha value is -3.31. The molecule has 1 amide bonds. The minimum Gasteiger partial charge on any atom is -0.332 e. The molecule has 0 aliphatic carbocycles. The molecule has 1 aromatic heterocycles. The molecule has 0 spiro atoms. The van der Waals surface area contributed by atoms with Crippen LogP contribution in [0.2, 0.25) is 5.02 Å². The van der Waals surface area contributed by atoms with E-state index in [1.165, 1.54) is 24.3 Å². The molecule has 0 fully saturated rings. The Morgan fingerprint density at radius 3 is 2.62 bits per heavy atom. The maximum Gasteiger partial charge on any atom is 0.355 e. The van der Waals surface area contributed by atoms with Crippen LogP contribution in [-0.2, 0) is 0 Å². The molecule has 0 bridgehead atoms. The molecule has 0 aliphatic heterocycles. The number of hydrazine groups is 1. The summed E-state index contributed by atoms with van der Waals surface area (Å²) in [6, 6.07) is 10.3. The monoisotopic (exact) mass is 480 g/mol. The quantitative estimate of drug-likeness (QED) is 0.351. The number of nitro groups is 1. The number of carbonyl (C=O) groups is 1. The molecule has 0 atom stereocenters. The number of rotatable bonds is 6. The lowest BCUT2D eigenvalue weighted by molar-refractivity contribution is -0.383. The summed E-state index contributed by atoms with van der Waals surface area (Å²) in [6.45, 7) is 0. The van der Waals surface area contributed by atoms with Gasteiger partial charge in [-0.2, -0.15) is 0 Å². The highest BCUT2D eigenvalue weighted by Gasteiger charge is 2.24. The highest BCUT2D eigenvalue weighted by molar-refractivity contribution is 9.10. The summed E-state index contributed by atoms with van der Waals surface area (Å²) in [5.74, 6) is -1.78. The zero-order valence-electron chi connectivity index (χ0n) is 14.3. The van der Waals surface area contributed by atoms with Crippen molar-refractivity contribution in [2.24, 2.45) is 0 Å². The molecule has 29 heavy (non-hydrogen) atoms. The predicted molar refractivity (Wildman–Crippen MR) is 109 cm³/mol. The molecule has 0 saturated carbocycles. The van der Waals surface area contributed by atoms with E-state index < -0.39 is 22.3 Å². The minimum absolute atomic E-state index is 0.0242. The van der Waals surface area contributed by atoms with E-state index in [0.29, 0.717) is 9.50 Å². The smallest absolute Gasteiger partial charge is 0.332 e. The van der Waals surface area contributed by atoms with Gasteiger partial charge in [-0.25, -0.2) is 14.4 Å². The van der Waals surface area contributed by atoms with E-state index in [0.717, 1.165) is 6.33 Å². The maximum absolute atomic E-state index is 14.1. The lowest BCUT2D eigenvalue weighted by atomic mass is 10.2. The molecule has 3 rings (SSSR count). The Morgan fingerprint density at radius 2 is 1.93 bits per heavy atom. The molecule has 3 aromatic rings. The molecule has 2 aromatic carbocycles. The summed E-state index contributed by atoms with van der Waals surface area (Å²) in [7, 11) is 0. The zero-order valence-corrected chi connectivity index (χ0v) is 16.7. The van der Waals surface area contributed by atoms with E-state index in [-0.39, 0.29) is 22.9 Å². The van der Waals surface area contributed by atoms with Crippen molar-refractivity contribution in [3.63, 3.8) is 0 Å². The largest absolute Gasteiger partial charge is 0.355 e. The van der Waals surface area contributed by atoms with Gasteiger partial charge in [-0.1, -0.05) is 33.6 Å². The number of halogens is 3. The fourth-order valence-corrected chi connectivity index (χ4v) is 2.79. The van der Waals surface area contributed by atoms with Gasteiger partial charge in [-0.15, -0.1) is 0 Å². The average molecular weight is 482 g/mol. The molecule has 148 valence electrons. The van der Waals surface area contributed by atoms with E-state index >= 15 is 0 Å². The van der Waals surface area contributed by atoms with Crippen molar-refractivity contribution >= 4 is 56.4 Å². The van der Waals surface area contributed by atoms with Gasteiger partial charge in [0.25, 0.3) is 5.91 Å². The summed E-state index contributed by atoms with van der Waals surface area (Å²) in [5, 5.41) is 14.5. The van der Waals surface area contributed by atoms with E-state index in [9.17, 15) is 19.3 Å². The fourth-order valence-electron chi connectivity index (χ4n) is 2.27. The van der Waals surface area contributed by atoms with Crippen molar-refractivity contribution in [1.29, 1.82) is 0 Å². The Bertz CT molecular complexity index is 1100. The third-order valence-electron chi connectivity index (χ3n) is 3.57. The number of aromatic nitrogens is 2. The Balaban J connectivity index is 1.85. The number of hydrogen-bond donors (Lipinski definition) is 3. The van der Waals surface area contributed by atoms with Crippen LogP contribution in [0.25, 0.3) is 0 Å². The van der Waals surface area contributed by atoms with Crippen molar-refractivity contribution in [3.05, 3.63) is 79.8 Å². The van der Waals surface area contributed by atoms with Crippen LogP contribution in [0, 0.1) is 15.9 Å². The molecular weight excluding hydrogens is 471 g/mol. The SMILES string of the molecule is O=C(NNc1ncnc(Nc2ccc(Br)cc2F)c1[N+](=O)[O-])c1cccc(Cl)c1. The zero-order chi connectivity index (χ0) is 21.0. The minimum atomic E-state index is -0.757. The first-order valence-corrected chi connectivity index (χ1v) is 9.05. The topological polar surface area (TPSA) is 122 Å². The van der Waals surface area contributed by atoms with Crippen molar-refractivity contribution in [1.82, 2.24) is 15.4 Å². The van der Waals surface area contributed by atoms with E-state index in [1.807, 2.05) is 0 Å². The predicted octanol–water partition coefficient (Wildman–Crippen LogP) is 4.44. The van der Waals surface area contributed by atoms with Gasteiger partial charge < -0.3 is 5.32 Å².